The number of aromatic nitrogens is 3. The highest BCUT2D eigenvalue weighted by atomic mass is 15.0. The second-order valence-corrected chi connectivity index (χ2v) is 10.6. The molecular weight excluding hydrogens is 498 g/mol. The number of hydrogen-bond donors (Lipinski definition) is 0. The fraction of sp³-hybridized carbons (Fsp3) is 0. The van der Waals surface area contributed by atoms with Crippen LogP contribution in [0.3, 0.4) is 0 Å². The average molecular weight is 522 g/mol. The molecule has 0 atom stereocenters. The molecule has 1 aliphatic rings. The first-order chi connectivity index (χ1) is 20.4. The van der Waals surface area contributed by atoms with Gasteiger partial charge in [0.1, 0.15) is 0 Å². The van der Waals surface area contributed by atoms with Crippen molar-refractivity contribution in [2.75, 3.05) is 0 Å². The third-order valence-corrected chi connectivity index (χ3v) is 8.41. The molecule has 6 aromatic carbocycles. The number of hydrogen-bond acceptors (Lipinski definition) is 2. The molecule has 190 valence electrons. The second-order valence-electron chi connectivity index (χ2n) is 10.6. The third-order valence-electron chi connectivity index (χ3n) is 8.41. The largest absolute Gasteiger partial charge is 0.309 e. The van der Waals surface area contributed by atoms with Crippen LogP contribution < -0.4 is 0 Å². The molecule has 9 rings (SSSR count). The Balaban J connectivity index is 1.31. The van der Waals surface area contributed by atoms with Gasteiger partial charge in [-0.2, -0.15) is 0 Å². The lowest BCUT2D eigenvalue weighted by atomic mass is 9.96. The molecule has 8 aromatic rings. The van der Waals surface area contributed by atoms with Gasteiger partial charge >= 0.3 is 0 Å². The number of para-hydroxylation sites is 3. The van der Waals surface area contributed by atoms with E-state index in [0.29, 0.717) is 0 Å². The number of nitrogens with zero attached hydrogens (tertiary/aromatic N) is 3. The van der Waals surface area contributed by atoms with Crippen molar-refractivity contribution in [3.05, 3.63) is 140 Å². The van der Waals surface area contributed by atoms with Crippen molar-refractivity contribution in [2.24, 2.45) is 0 Å². The zero-order chi connectivity index (χ0) is 26.9. The Morgan fingerprint density at radius 3 is 2.00 bits per heavy atom. The summed E-state index contributed by atoms with van der Waals surface area (Å²) in [7, 11) is 0. The lowest BCUT2D eigenvalue weighted by Crippen LogP contribution is -1.97. The van der Waals surface area contributed by atoms with E-state index in [9.17, 15) is 0 Å². The molecule has 2 heterocycles. The molecule has 0 spiro atoms. The molecule has 3 heteroatoms. The van der Waals surface area contributed by atoms with Crippen LogP contribution in [-0.4, -0.2) is 14.5 Å². The van der Waals surface area contributed by atoms with Crippen LogP contribution in [-0.2, 0) is 0 Å². The second kappa shape index (κ2) is 8.48. The molecule has 0 radical (unpaired) electrons. The van der Waals surface area contributed by atoms with Gasteiger partial charge in [-0.3, -0.25) is 0 Å². The summed E-state index contributed by atoms with van der Waals surface area (Å²) in [5, 5.41) is 4.97. The standard InChI is InChI=1S/C38H23N3/c1-2-13-25(14-3-1)41-34-22-7-6-16-27(34)30-20-10-19-29(37(30)41)26-15-4-5-17-31(26)38-39-23-33-28-18-8-11-24-12-9-21-32(35(24)28)36(33)40-38/h1-23H. The smallest absolute Gasteiger partial charge is 0.160 e. The van der Waals surface area contributed by atoms with Crippen molar-refractivity contribution >= 4 is 32.6 Å². The lowest BCUT2D eigenvalue weighted by Gasteiger charge is -2.14. The highest BCUT2D eigenvalue weighted by Gasteiger charge is 2.25. The minimum Gasteiger partial charge on any atom is -0.309 e. The van der Waals surface area contributed by atoms with Crippen molar-refractivity contribution < 1.29 is 0 Å². The van der Waals surface area contributed by atoms with E-state index in [0.717, 1.165) is 39.5 Å². The molecule has 0 unspecified atom stereocenters. The molecule has 0 N–H and O–H groups in total. The van der Waals surface area contributed by atoms with Crippen molar-refractivity contribution in [1.29, 1.82) is 0 Å². The van der Waals surface area contributed by atoms with E-state index >= 15 is 0 Å². The highest BCUT2D eigenvalue weighted by Crippen LogP contribution is 2.47. The molecule has 41 heavy (non-hydrogen) atoms. The molecular formula is C38H23N3. The van der Waals surface area contributed by atoms with Crippen molar-refractivity contribution in [3.63, 3.8) is 0 Å². The zero-order valence-electron chi connectivity index (χ0n) is 22.1. The van der Waals surface area contributed by atoms with Crippen LogP contribution in [0.5, 0.6) is 0 Å². The summed E-state index contributed by atoms with van der Waals surface area (Å²) in [5.74, 6) is 0.739. The van der Waals surface area contributed by atoms with E-state index in [1.54, 1.807) is 0 Å². The average Bonchev–Trinajstić information content (AvgIpc) is 3.56. The molecule has 0 saturated heterocycles. The van der Waals surface area contributed by atoms with Crippen LogP contribution in [0, 0.1) is 0 Å². The lowest BCUT2D eigenvalue weighted by molar-refractivity contribution is 1.18. The van der Waals surface area contributed by atoms with Gasteiger partial charge in [0.2, 0.25) is 0 Å². The topological polar surface area (TPSA) is 30.7 Å². The van der Waals surface area contributed by atoms with Crippen LogP contribution in [0.4, 0.5) is 0 Å². The third kappa shape index (κ3) is 3.14. The predicted molar refractivity (Wildman–Crippen MR) is 169 cm³/mol. The molecule has 3 nitrogen and oxygen atoms in total. The van der Waals surface area contributed by atoms with Crippen LogP contribution in [0.15, 0.2) is 140 Å². The zero-order valence-corrected chi connectivity index (χ0v) is 22.1. The fourth-order valence-corrected chi connectivity index (χ4v) is 6.67. The summed E-state index contributed by atoms with van der Waals surface area (Å²) in [6, 6.07) is 47.4. The molecule has 0 saturated carbocycles. The predicted octanol–water partition coefficient (Wildman–Crippen LogP) is 9.71. The van der Waals surface area contributed by atoms with Gasteiger partial charge in [-0.15, -0.1) is 0 Å². The van der Waals surface area contributed by atoms with E-state index in [2.05, 4.69) is 138 Å². The molecule has 0 fully saturated rings. The van der Waals surface area contributed by atoms with Gasteiger partial charge in [-0.25, -0.2) is 9.97 Å². The summed E-state index contributed by atoms with van der Waals surface area (Å²) < 4.78 is 2.39. The Labute approximate surface area is 237 Å². The first kappa shape index (κ1) is 22.3. The first-order valence-electron chi connectivity index (χ1n) is 13.9. The van der Waals surface area contributed by atoms with E-state index in [1.165, 1.54) is 43.7 Å². The van der Waals surface area contributed by atoms with Crippen LogP contribution in [0.2, 0.25) is 0 Å². The molecule has 0 amide bonds. The Morgan fingerprint density at radius 1 is 0.463 bits per heavy atom. The van der Waals surface area contributed by atoms with Crippen molar-refractivity contribution in [2.45, 2.75) is 0 Å². The van der Waals surface area contributed by atoms with Gasteiger partial charge in [-0.05, 0) is 40.1 Å². The normalized spacial score (nSPS) is 11.9. The van der Waals surface area contributed by atoms with Crippen molar-refractivity contribution in [3.8, 4) is 50.6 Å². The number of fused-ring (bicyclic) bond motifs is 6. The van der Waals surface area contributed by atoms with Crippen molar-refractivity contribution in [1.82, 2.24) is 14.5 Å². The SMILES string of the molecule is c1ccc(-n2c3ccccc3c3cccc(-c4ccccc4-c4ncc5c(n4)-c4cccc6cccc-5c46)c32)cc1. The quantitative estimate of drug-likeness (QED) is 0.232. The van der Waals surface area contributed by atoms with Gasteiger partial charge in [0, 0.05) is 44.9 Å². The maximum absolute atomic E-state index is 5.24. The maximum atomic E-state index is 5.24. The summed E-state index contributed by atoms with van der Waals surface area (Å²) in [6.07, 6.45) is 2.00. The summed E-state index contributed by atoms with van der Waals surface area (Å²) in [6.45, 7) is 0. The molecule has 0 bridgehead atoms. The summed E-state index contributed by atoms with van der Waals surface area (Å²) in [4.78, 5) is 10.2. The van der Waals surface area contributed by atoms with Crippen LogP contribution >= 0.6 is 0 Å². The first-order valence-corrected chi connectivity index (χ1v) is 13.9. The van der Waals surface area contributed by atoms with Gasteiger partial charge in [0.15, 0.2) is 5.82 Å². The van der Waals surface area contributed by atoms with E-state index < -0.39 is 0 Å². The Kier molecular flexibility index (Phi) is 4.61. The van der Waals surface area contributed by atoms with Crippen LogP contribution in [0.1, 0.15) is 0 Å². The molecule has 0 aliphatic heterocycles. The number of benzene rings is 6. The highest BCUT2D eigenvalue weighted by molar-refractivity contribution is 6.15. The fourth-order valence-electron chi connectivity index (χ4n) is 6.67. The summed E-state index contributed by atoms with van der Waals surface area (Å²) in [5.41, 5.74) is 11.3. The van der Waals surface area contributed by atoms with Gasteiger partial charge < -0.3 is 4.57 Å². The Bertz CT molecular complexity index is 2310. The Hall–Kier alpha value is -5.54. The van der Waals surface area contributed by atoms with E-state index in [-0.39, 0.29) is 0 Å². The minimum atomic E-state index is 0.739. The number of rotatable bonds is 3. The maximum Gasteiger partial charge on any atom is 0.160 e. The molecule has 1 aliphatic carbocycles. The minimum absolute atomic E-state index is 0.739. The van der Waals surface area contributed by atoms with Gasteiger partial charge in [0.05, 0.1) is 16.7 Å². The monoisotopic (exact) mass is 521 g/mol. The van der Waals surface area contributed by atoms with Crippen LogP contribution in [0.25, 0.3) is 83.2 Å². The molecule has 2 aromatic heterocycles. The van der Waals surface area contributed by atoms with Gasteiger partial charge in [-0.1, -0.05) is 115 Å². The Morgan fingerprint density at radius 2 is 1.12 bits per heavy atom. The summed E-state index contributed by atoms with van der Waals surface area (Å²) >= 11 is 0. The van der Waals surface area contributed by atoms with E-state index in [4.69, 9.17) is 9.97 Å². The van der Waals surface area contributed by atoms with Gasteiger partial charge in [0.25, 0.3) is 0 Å². The van der Waals surface area contributed by atoms with E-state index in [1.807, 2.05) is 6.20 Å².